The van der Waals surface area contributed by atoms with Crippen LogP contribution in [0.4, 0.5) is 17.1 Å². The Labute approximate surface area is 205 Å². The van der Waals surface area contributed by atoms with E-state index < -0.39 is 0 Å². The molecule has 32 heavy (non-hydrogen) atoms. The summed E-state index contributed by atoms with van der Waals surface area (Å²) in [4.78, 5) is 1.08. The van der Waals surface area contributed by atoms with Crippen LogP contribution in [0.15, 0.2) is 121 Å². The molecule has 0 saturated carbocycles. The highest BCUT2D eigenvalue weighted by molar-refractivity contribution is 6.17. The first-order chi connectivity index (χ1) is 20.7. The summed E-state index contributed by atoms with van der Waals surface area (Å²) < 4.78 is 106. The lowest BCUT2D eigenvalue weighted by Crippen LogP contribution is -2.09. The van der Waals surface area contributed by atoms with Gasteiger partial charge in [0.15, 0.2) is 0 Å². The van der Waals surface area contributed by atoms with E-state index in [2.05, 4.69) is 0 Å². The number of hydrogen-bond acceptors (Lipinski definition) is 3. The largest absolute Gasteiger partial charge is 0.569 e. The van der Waals surface area contributed by atoms with Gasteiger partial charge in [-0.05, 0) is 76.4 Å². The van der Waals surface area contributed by atoms with Gasteiger partial charge in [0, 0.05) is 17.1 Å². The molecule has 0 atom stereocenters. The van der Waals surface area contributed by atoms with Crippen molar-refractivity contribution in [2.24, 2.45) is 0 Å². The van der Waals surface area contributed by atoms with E-state index in [4.69, 9.17) is 26.1 Å². The average Bonchev–Trinajstić information content (AvgIpc) is 2.92. The van der Waals surface area contributed by atoms with Gasteiger partial charge in [0.2, 0.25) is 0 Å². The fourth-order valence-corrected chi connectivity index (χ4v) is 3.09. The van der Waals surface area contributed by atoms with Crippen LogP contribution >= 0.6 is 0 Å². The molecule has 0 aromatic heterocycles. The normalized spacial score (nSPS) is 15.9. The van der Waals surface area contributed by atoms with Crippen LogP contribution in [0.25, 0.3) is 21.9 Å². The quantitative estimate of drug-likeness (QED) is 0.300. The highest BCUT2D eigenvalue weighted by atomic mass is 16.5. The Bertz CT molecular complexity index is 1920. The van der Waals surface area contributed by atoms with Crippen LogP contribution in [0.2, 0.25) is 0 Å². The highest BCUT2D eigenvalue weighted by Crippen LogP contribution is 2.36. The number of fused-ring (bicyclic) bond motifs is 1. The Morgan fingerprint density at radius 3 is 2.06 bits per heavy atom. The predicted molar refractivity (Wildman–Crippen MR) is 133 cm³/mol. The van der Waals surface area contributed by atoms with Gasteiger partial charge >= 0.3 is 7.69 Å². The van der Waals surface area contributed by atoms with E-state index in [9.17, 15) is 0 Å². The number of hydrogen-bond donors (Lipinski definition) is 1. The van der Waals surface area contributed by atoms with Crippen LogP contribution in [-0.4, -0.2) is 12.7 Å². The molecule has 0 amide bonds. The molecule has 0 aliphatic rings. The Morgan fingerprint density at radius 2 is 1.34 bits per heavy atom. The van der Waals surface area contributed by atoms with Gasteiger partial charge in [0.25, 0.3) is 0 Å². The second-order valence-electron chi connectivity index (χ2n) is 6.53. The summed E-state index contributed by atoms with van der Waals surface area (Å²) in [5.41, 5.74) is -0.377. The van der Waals surface area contributed by atoms with Crippen LogP contribution in [-0.2, 0) is 0 Å². The van der Waals surface area contributed by atoms with Crippen LogP contribution < -0.4 is 9.55 Å². The first-order valence-electron chi connectivity index (χ1n) is 15.5. The third-order valence-corrected chi connectivity index (χ3v) is 4.58. The molecular formula is C28H21BNO2. The van der Waals surface area contributed by atoms with E-state index in [0.717, 1.165) is 17.0 Å². The molecule has 0 unspecified atom stereocenters. The molecule has 0 bridgehead atoms. The van der Waals surface area contributed by atoms with Gasteiger partial charge in [-0.1, -0.05) is 66.6 Å². The van der Waals surface area contributed by atoms with Crippen LogP contribution in [0.5, 0.6) is 5.75 Å². The van der Waals surface area contributed by atoms with E-state index in [-0.39, 0.29) is 117 Å². The first-order valence-corrected chi connectivity index (χ1v) is 9.49. The van der Waals surface area contributed by atoms with E-state index in [0.29, 0.717) is 7.69 Å². The summed E-state index contributed by atoms with van der Waals surface area (Å²) in [7, 11) is 0.376. The van der Waals surface area contributed by atoms with Crippen molar-refractivity contribution in [3.05, 3.63) is 121 Å². The predicted octanol–water partition coefficient (Wildman–Crippen LogP) is 6.88. The average molecular weight is 426 g/mol. The van der Waals surface area contributed by atoms with E-state index in [1.54, 1.807) is 0 Å². The summed E-state index contributed by atoms with van der Waals surface area (Å²) >= 11 is 0. The SMILES string of the molecule is [2H]c1cc([2H])c(N(c2c([2H])cc(O[B]O)cc2[2H])c2c([2H])cc(-c3cc4c([2H])c([2H])c([2H])cc4c([2H])c3[2H])cc2[2H])c([2H])c1. The Morgan fingerprint density at radius 1 is 0.656 bits per heavy atom. The van der Waals surface area contributed by atoms with Crippen molar-refractivity contribution in [3.8, 4) is 16.9 Å². The second kappa shape index (κ2) is 9.00. The van der Waals surface area contributed by atoms with Gasteiger partial charge in [0.05, 0.1) is 16.4 Å². The third kappa shape index (κ3) is 4.09. The van der Waals surface area contributed by atoms with E-state index in [1.807, 2.05) is 0 Å². The molecule has 0 spiro atoms. The van der Waals surface area contributed by atoms with Gasteiger partial charge in [-0.3, -0.25) is 0 Å². The molecule has 5 aromatic carbocycles. The molecule has 1 N–H and O–H groups in total. The number of anilines is 3. The molecule has 0 saturated heterocycles. The number of nitrogens with zero attached hydrogens (tertiary/aromatic N) is 1. The fourth-order valence-electron chi connectivity index (χ4n) is 3.09. The summed E-state index contributed by atoms with van der Waals surface area (Å²) in [6.45, 7) is 0. The van der Waals surface area contributed by atoms with Crippen molar-refractivity contribution in [1.82, 2.24) is 0 Å². The Hall–Kier alpha value is -4.02. The zero-order valence-electron chi connectivity index (χ0n) is 28.5. The van der Waals surface area contributed by atoms with Gasteiger partial charge in [-0.15, -0.1) is 0 Å². The van der Waals surface area contributed by atoms with Crippen molar-refractivity contribution in [1.29, 1.82) is 0 Å². The Kier molecular flexibility index (Phi) is 2.96. The molecule has 0 aliphatic heterocycles. The van der Waals surface area contributed by atoms with Gasteiger partial charge in [0.1, 0.15) is 5.75 Å². The van der Waals surface area contributed by atoms with Gasteiger partial charge in [-0.2, -0.15) is 0 Å². The highest BCUT2D eigenvalue weighted by Gasteiger charge is 2.12. The van der Waals surface area contributed by atoms with Gasteiger partial charge in [-0.25, -0.2) is 0 Å². The molecule has 0 aliphatic carbocycles. The van der Waals surface area contributed by atoms with Gasteiger partial charge < -0.3 is 14.6 Å². The van der Waals surface area contributed by atoms with E-state index in [1.165, 1.54) is 36.4 Å². The van der Waals surface area contributed by atoms with Crippen LogP contribution in [0.1, 0.15) is 16.4 Å². The minimum absolute atomic E-state index is 0.0509. The zero-order valence-corrected chi connectivity index (χ0v) is 16.5. The molecule has 0 fully saturated rings. The lowest BCUT2D eigenvalue weighted by molar-refractivity contribution is 0.454. The minimum Gasteiger partial charge on any atom is -0.537 e. The summed E-state index contributed by atoms with van der Waals surface area (Å²) in [6, 6.07) is 6.11. The topological polar surface area (TPSA) is 32.7 Å². The minimum atomic E-state index is -0.358. The number of benzene rings is 5. The summed E-state index contributed by atoms with van der Waals surface area (Å²) in [5.74, 6) is -0.0509. The lowest BCUT2D eigenvalue weighted by Gasteiger charge is -2.25. The molecule has 5 rings (SSSR count). The maximum atomic E-state index is 9.01. The maximum absolute atomic E-state index is 9.01. The summed E-state index contributed by atoms with van der Waals surface area (Å²) in [5, 5.41) is 9.31. The van der Waals surface area contributed by atoms with Crippen molar-refractivity contribution in [2.75, 3.05) is 4.90 Å². The monoisotopic (exact) mass is 426 g/mol. The molecule has 153 valence electrons. The third-order valence-electron chi connectivity index (χ3n) is 4.58. The molecule has 0 heterocycles. The second-order valence-corrected chi connectivity index (χ2v) is 6.53. The molecule has 4 heteroatoms. The van der Waals surface area contributed by atoms with Crippen molar-refractivity contribution < 1.29 is 26.1 Å². The maximum Gasteiger partial charge on any atom is 0.569 e. The smallest absolute Gasteiger partial charge is 0.537 e. The Balaban J connectivity index is 1.79. The van der Waals surface area contributed by atoms with E-state index >= 15 is 0 Å². The zero-order chi connectivity index (χ0) is 32.2. The van der Waals surface area contributed by atoms with Crippen molar-refractivity contribution in [3.63, 3.8) is 0 Å². The number of rotatable bonds is 6. The molecule has 1 radical (unpaired) electrons. The van der Waals surface area contributed by atoms with Crippen molar-refractivity contribution >= 4 is 35.5 Å². The molecular weight excluding hydrogens is 393 g/mol. The number of para-hydroxylation sites is 1. The molecule has 5 aromatic rings. The van der Waals surface area contributed by atoms with Crippen LogP contribution in [0.3, 0.4) is 0 Å². The standard InChI is InChI=1S/C28H21BNO2/c31-29-32-28-18-16-27(17-19-28)30(25-8-2-1-3-9-25)26-14-12-22(13-15-26)24-11-10-21-6-4-5-7-23(21)20-24/h1-20,31H/i1D,4D,5D,7D,8D,9D,10D,11D,14D,15D,16D,17D. The summed E-state index contributed by atoms with van der Waals surface area (Å²) in [6.07, 6.45) is 0. The first kappa shape index (κ1) is 10.5. The molecule has 3 nitrogen and oxygen atoms in total. The fraction of sp³-hybridized carbons (Fsp3) is 0. The van der Waals surface area contributed by atoms with Crippen LogP contribution in [0, 0.1) is 0 Å². The van der Waals surface area contributed by atoms with Crippen molar-refractivity contribution in [2.45, 2.75) is 0 Å². The lowest BCUT2D eigenvalue weighted by atomic mass is 10.0.